The van der Waals surface area contributed by atoms with E-state index in [0.29, 0.717) is 24.9 Å². The van der Waals surface area contributed by atoms with Gasteiger partial charge in [-0.15, -0.1) is 0 Å². The summed E-state index contributed by atoms with van der Waals surface area (Å²) in [5, 5.41) is 8.35. The van der Waals surface area contributed by atoms with Gasteiger partial charge in [-0.3, -0.25) is 5.10 Å². The molecule has 5 rings (SSSR count). The van der Waals surface area contributed by atoms with E-state index < -0.39 is 0 Å². The van der Waals surface area contributed by atoms with Gasteiger partial charge in [0.25, 0.3) is 0 Å². The highest BCUT2D eigenvalue weighted by atomic mass is 79.9. The van der Waals surface area contributed by atoms with Gasteiger partial charge in [-0.2, -0.15) is 5.10 Å². The maximum atomic E-state index is 5.98. The molecule has 2 atom stereocenters. The standard InChI is InChI=1S/C18H18ClN3.C15H15BrClN/c19-17-7-5-15(6-8-17)18(9-10-20)14-3-1-13(2-4-14)16-11-21-22-12-16;16-13-5-1-11(2-6-13)15(9-10-18)12-3-7-14(17)8-4-12/h1-8,11-12,18H,9-10,20H2,(H,21,22);1-8,15H,9-10,18H2. The second-order valence-corrected chi connectivity index (χ2v) is 11.3. The predicted molar refractivity (Wildman–Crippen MR) is 172 cm³/mol. The Morgan fingerprint density at radius 3 is 1.38 bits per heavy atom. The molecule has 0 aliphatic rings. The molecule has 206 valence electrons. The Morgan fingerprint density at radius 2 is 1.00 bits per heavy atom. The first-order valence-corrected chi connectivity index (χ1v) is 14.8. The molecule has 0 amide bonds. The van der Waals surface area contributed by atoms with Crippen LogP contribution in [-0.2, 0) is 0 Å². The van der Waals surface area contributed by atoms with Crippen LogP contribution in [0.2, 0.25) is 10.0 Å². The molecule has 0 aliphatic heterocycles. The molecule has 0 spiro atoms. The maximum absolute atomic E-state index is 5.98. The van der Waals surface area contributed by atoms with Gasteiger partial charge in [0, 0.05) is 38.1 Å². The van der Waals surface area contributed by atoms with Crippen LogP contribution in [0, 0.1) is 0 Å². The van der Waals surface area contributed by atoms with E-state index in [1.54, 1.807) is 0 Å². The lowest BCUT2D eigenvalue weighted by Crippen LogP contribution is -2.08. The fourth-order valence-electron chi connectivity index (χ4n) is 4.79. The van der Waals surface area contributed by atoms with Crippen molar-refractivity contribution in [3.63, 3.8) is 0 Å². The Hall–Kier alpha value is -2.93. The monoisotopic (exact) mass is 634 g/mol. The molecule has 4 aromatic carbocycles. The van der Waals surface area contributed by atoms with Crippen molar-refractivity contribution in [1.82, 2.24) is 10.2 Å². The maximum Gasteiger partial charge on any atom is 0.0565 e. The first-order chi connectivity index (χ1) is 19.5. The molecule has 0 radical (unpaired) electrons. The highest BCUT2D eigenvalue weighted by molar-refractivity contribution is 9.10. The first kappa shape index (κ1) is 30.0. The van der Waals surface area contributed by atoms with Gasteiger partial charge in [-0.25, -0.2) is 0 Å². The van der Waals surface area contributed by atoms with E-state index in [-0.39, 0.29) is 0 Å². The summed E-state index contributed by atoms with van der Waals surface area (Å²) in [5.74, 6) is 0.626. The molecule has 0 fully saturated rings. The number of nitrogens with zero attached hydrogens (tertiary/aromatic N) is 1. The Labute approximate surface area is 254 Å². The fourth-order valence-corrected chi connectivity index (χ4v) is 5.30. The van der Waals surface area contributed by atoms with Crippen LogP contribution in [-0.4, -0.2) is 23.3 Å². The molecule has 0 bridgehead atoms. The van der Waals surface area contributed by atoms with Crippen LogP contribution in [0.5, 0.6) is 0 Å². The summed E-state index contributed by atoms with van der Waals surface area (Å²) in [7, 11) is 0. The van der Waals surface area contributed by atoms with E-state index in [0.717, 1.165) is 38.5 Å². The van der Waals surface area contributed by atoms with Crippen LogP contribution in [0.15, 0.2) is 114 Å². The van der Waals surface area contributed by atoms with E-state index in [2.05, 4.69) is 98.9 Å². The number of hydrogen-bond acceptors (Lipinski definition) is 3. The van der Waals surface area contributed by atoms with Crippen molar-refractivity contribution in [2.75, 3.05) is 13.1 Å². The molecule has 0 saturated carbocycles. The normalized spacial score (nSPS) is 12.3. The van der Waals surface area contributed by atoms with E-state index in [1.165, 1.54) is 22.3 Å². The number of nitrogens with one attached hydrogen (secondary N) is 1. The van der Waals surface area contributed by atoms with Gasteiger partial charge in [0.2, 0.25) is 0 Å². The zero-order valence-electron chi connectivity index (χ0n) is 22.1. The third-order valence-electron chi connectivity index (χ3n) is 6.87. The van der Waals surface area contributed by atoms with Crippen molar-refractivity contribution in [3.05, 3.63) is 146 Å². The third kappa shape index (κ3) is 8.29. The van der Waals surface area contributed by atoms with Crippen molar-refractivity contribution < 1.29 is 0 Å². The van der Waals surface area contributed by atoms with Gasteiger partial charge in [0.15, 0.2) is 0 Å². The average molecular weight is 636 g/mol. The topological polar surface area (TPSA) is 80.7 Å². The van der Waals surface area contributed by atoms with Gasteiger partial charge in [-0.1, -0.05) is 99.8 Å². The molecular formula is C33H33BrCl2N4. The molecule has 5 aromatic rings. The lowest BCUT2D eigenvalue weighted by atomic mass is 9.88. The summed E-state index contributed by atoms with van der Waals surface area (Å²) in [6, 6.07) is 33.0. The summed E-state index contributed by atoms with van der Waals surface area (Å²) < 4.78 is 1.09. The molecule has 4 nitrogen and oxygen atoms in total. The van der Waals surface area contributed by atoms with Crippen LogP contribution < -0.4 is 11.5 Å². The number of benzene rings is 4. The van der Waals surface area contributed by atoms with Crippen LogP contribution in [0.25, 0.3) is 11.1 Å². The summed E-state index contributed by atoms with van der Waals surface area (Å²) in [6.07, 6.45) is 5.56. The molecule has 1 aromatic heterocycles. The van der Waals surface area contributed by atoms with Gasteiger partial charge in [0.1, 0.15) is 0 Å². The highest BCUT2D eigenvalue weighted by Crippen LogP contribution is 2.31. The van der Waals surface area contributed by atoms with Crippen molar-refractivity contribution in [2.45, 2.75) is 24.7 Å². The largest absolute Gasteiger partial charge is 0.330 e. The number of halogens is 3. The van der Waals surface area contributed by atoms with Crippen LogP contribution in [0.1, 0.15) is 46.9 Å². The highest BCUT2D eigenvalue weighted by Gasteiger charge is 2.14. The summed E-state index contributed by atoms with van der Waals surface area (Å²) in [4.78, 5) is 0. The van der Waals surface area contributed by atoms with E-state index in [9.17, 15) is 0 Å². The second kappa shape index (κ2) is 15.2. The predicted octanol–water partition coefficient (Wildman–Crippen LogP) is 8.79. The summed E-state index contributed by atoms with van der Waals surface area (Å²) in [6.45, 7) is 1.32. The van der Waals surface area contributed by atoms with Crippen molar-refractivity contribution >= 4 is 39.1 Å². The third-order valence-corrected chi connectivity index (χ3v) is 7.91. The molecule has 5 N–H and O–H groups in total. The molecular weight excluding hydrogens is 603 g/mol. The summed E-state index contributed by atoms with van der Waals surface area (Å²) in [5.41, 5.74) is 18.8. The van der Waals surface area contributed by atoms with Crippen LogP contribution >= 0.6 is 39.1 Å². The van der Waals surface area contributed by atoms with Gasteiger partial charge in [0.05, 0.1) is 6.20 Å². The van der Waals surface area contributed by atoms with Gasteiger partial charge in [-0.05, 0) is 90.1 Å². The second-order valence-electron chi connectivity index (χ2n) is 9.52. The smallest absolute Gasteiger partial charge is 0.0565 e. The Kier molecular flexibility index (Phi) is 11.4. The lowest BCUT2D eigenvalue weighted by molar-refractivity contribution is 0.726. The quantitative estimate of drug-likeness (QED) is 0.151. The number of rotatable bonds is 9. The number of aromatic amines is 1. The van der Waals surface area contributed by atoms with Crippen LogP contribution in [0.4, 0.5) is 0 Å². The number of hydrogen-bond donors (Lipinski definition) is 3. The first-order valence-electron chi connectivity index (χ1n) is 13.2. The average Bonchev–Trinajstić information content (AvgIpc) is 3.52. The zero-order chi connectivity index (χ0) is 28.3. The molecule has 7 heteroatoms. The number of aromatic nitrogens is 2. The minimum Gasteiger partial charge on any atom is -0.330 e. The molecule has 0 saturated heterocycles. The van der Waals surface area contributed by atoms with Gasteiger partial charge < -0.3 is 11.5 Å². The SMILES string of the molecule is NCCC(c1ccc(Cl)cc1)c1ccc(-c2cn[nH]c2)cc1.NCCC(c1ccc(Cl)cc1)c1ccc(Br)cc1. The minimum atomic E-state index is 0.292. The molecule has 40 heavy (non-hydrogen) atoms. The van der Waals surface area contributed by atoms with Gasteiger partial charge >= 0.3 is 0 Å². The summed E-state index contributed by atoms with van der Waals surface area (Å²) >= 11 is 15.4. The van der Waals surface area contributed by atoms with E-state index >= 15 is 0 Å². The van der Waals surface area contributed by atoms with E-state index in [4.69, 9.17) is 34.7 Å². The van der Waals surface area contributed by atoms with Crippen molar-refractivity contribution in [1.29, 1.82) is 0 Å². The fraction of sp³-hybridized carbons (Fsp3) is 0.182. The van der Waals surface area contributed by atoms with Crippen molar-refractivity contribution in [3.8, 4) is 11.1 Å². The number of nitrogens with two attached hydrogens (primary N) is 2. The zero-order valence-corrected chi connectivity index (χ0v) is 25.2. The Morgan fingerprint density at radius 1 is 0.600 bits per heavy atom. The van der Waals surface area contributed by atoms with Crippen molar-refractivity contribution in [2.24, 2.45) is 11.5 Å². The Bertz CT molecular complexity index is 1380. The number of H-pyrrole nitrogens is 1. The van der Waals surface area contributed by atoms with E-state index in [1.807, 2.05) is 36.7 Å². The molecule has 0 aliphatic carbocycles. The lowest BCUT2D eigenvalue weighted by Gasteiger charge is -2.17. The van der Waals surface area contributed by atoms with Crippen LogP contribution in [0.3, 0.4) is 0 Å². The molecule has 1 heterocycles. The Balaban J connectivity index is 0.000000189. The minimum absolute atomic E-state index is 0.292. The molecule has 2 unspecified atom stereocenters.